The fourth-order valence-corrected chi connectivity index (χ4v) is 4.28. The summed E-state index contributed by atoms with van der Waals surface area (Å²) in [6, 6.07) is 14.3. The number of likely N-dealkylation sites (tertiary alicyclic amines) is 1. The Balaban J connectivity index is 0.00000256. The monoisotopic (exact) mass is 418 g/mol. The summed E-state index contributed by atoms with van der Waals surface area (Å²) in [4.78, 5) is 26.4. The normalized spacial score (nSPS) is 20.1. The maximum Gasteiger partial charge on any atom is 1.00 e. The molecule has 2 aromatic carbocycles. The number of piperidine rings is 1. The van der Waals surface area contributed by atoms with E-state index in [-0.39, 0.29) is 41.9 Å². The van der Waals surface area contributed by atoms with Crippen molar-refractivity contribution in [3.63, 3.8) is 0 Å². The number of aromatic carboxylic acids is 1. The molecule has 1 aliphatic heterocycles. The summed E-state index contributed by atoms with van der Waals surface area (Å²) in [6.07, 6.45) is 4.72. The molecule has 1 atom stereocenters. The molecule has 1 N–H and O–H groups in total. The summed E-state index contributed by atoms with van der Waals surface area (Å²) in [5.41, 5.74) is 1.88. The molecule has 4 rings (SSSR count). The van der Waals surface area contributed by atoms with Crippen molar-refractivity contribution in [1.82, 2.24) is 10.2 Å². The van der Waals surface area contributed by atoms with Crippen LogP contribution in [0.15, 0.2) is 48.5 Å². The molecule has 1 aliphatic carbocycles. The van der Waals surface area contributed by atoms with Crippen LogP contribution in [0.4, 0.5) is 0 Å². The Morgan fingerprint density at radius 1 is 1.07 bits per heavy atom. The van der Waals surface area contributed by atoms with Crippen molar-refractivity contribution in [2.45, 2.75) is 50.2 Å². The Morgan fingerprint density at radius 3 is 2.33 bits per heavy atom. The van der Waals surface area contributed by atoms with Crippen LogP contribution in [0.3, 0.4) is 0 Å². The minimum absolute atomic E-state index is 0. The third kappa shape index (κ3) is 5.10. The number of rotatable bonds is 6. The molecule has 30 heavy (non-hydrogen) atoms. The second-order valence-electron chi connectivity index (χ2n) is 8.04. The Bertz CT molecular complexity index is 898. The van der Waals surface area contributed by atoms with E-state index in [1.54, 1.807) is 24.3 Å². The summed E-state index contributed by atoms with van der Waals surface area (Å²) in [5, 5.41) is 14.9. The molecule has 0 radical (unpaired) electrons. The van der Waals surface area contributed by atoms with E-state index >= 15 is 0 Å². The molecule has 152 valence electrons. The number of carbonyl (C=O) groups is 2. The first-order valence-corrected chi connectivity index (χ1v) is 10.5. The molecule has 1 heterocycles. The number of carboxylic acid groups (broad SMARTS) is 1. The number of carboxylic acids is 1. The maximum atomic E-state index is 13.2. The van der Waals surface area contributed by atoms with Gasteiger partial charge in [0.1, 0.15) is 0 Å². The number of hydrogen-bond acceptors (Lipinski definition) is 4. The predicted octanol–water partition coefficient (Wildman–Crippen LogP) is -0.132. The number of nitrogens with one attached hydrogen (secondary N) is 1. The van der Waals surface area contributed by atoms with Gasteiger partial charge in [-0.3, -0.25) is 9.69 Å². The minimum atomic E-state index is -1.19. The van der Waals surface area contributed by atoms with Gasteiger partial charge in [0, 0.05) is 11.6 Å². The van der Waals surface area contributed by atoms with Crippen LogP contribution in [0.2, 0.25) is 5.02 Å². The van der Waals surface area contributed by atoms with E-state index in [2.05, 4.69) is 10.2 Å². The van der Waals surface area contributed by atoms with E-state index in [9.17, 15) is 14.7 Å². The van der Waals surface area contributed by atoms with Crippen molar-refractivity contribution >= 4 is 23.5 Å². The number of amides is 1. The first kappa shape index (κ1) is 22.9. The second-order valence-corrected chi connectivity index (χ2v) is 8.48. The summed E-state index contributed by atoms with van der Waals surface area (Å²) in [5.74, 6) is -1.13. The maximum absolute atomic E-state index is 13.2. The zero-order valence-corrected chi connectivity index (χ0v) is 18.0. The molecule has 0 unspecified atom stereocenters. The molecular weight excluding hydrogens is 395 g/mol. The Hall–Kier alpha value is -1.77. The van der Waals surface area contributed by atoms with Gasteiger partial charge in [0.25, 0.3) is 0 Å². The Morgan fingerprint density at radius 2 is 1.73 bits per heavy atom. The zero-order valence-electron chi connectivity index (χ0n) is 17.2. The fourth-order valence-electron chi connectivity index (χ4n) is 4.16. The number of benzene rings is 2. The average molecular weight is 419 g/mol. The molecule has 0 bridgehead atoms. The zero-order chi connectivity index (χ0) is 20.4. The van der Waals surface area contributed by atoms with Gasteiger partial charge in [-0.2, -0.15) is 0 Å². The van der Waals surface area contributed by atoms with Gasteiger partial charge < -0.3 is 15.2 Å². The van der Waals surface area contributed by atoms with Gasteiger partial charge in [-0.05, 0) is 61.1 Å². The van der Waals surface area contributed by atoms with E-state index in [4.69, 9.17) is 11.6 Å². The number of hydrogen-bond donors (Lipinski definition) is 1. The molecule has 2 aliphatic rings. The first-order valence-electron chi connectivity index (χ1n) is 10.1. The van der Waals surface area contributed by atoms with E-state index in [0.717, 1.165) is 56.3 Å². The van der Waals surface area contributed by atoms with Crippen molar-refractivity contribution in [3.05, 3.63) is 70.2 Å². The molecular formula is C23H24ClLiN2O3. The largest absolute Gasteiger partial charge is 1.00 e. The van der Waals surface area contributed by atoms with Gasteiger partial charge in [-0.15, -0.1) is 0 Å². The third-order valence-electron chi connectivity index (χ3n) is 6.00. The minimum Gasteiger partial charge on any atom is -0.545 e. The van der Waals surface area contributed by atoms with Crippen molar-refractivity contribution in [1.29, 1.82) is 0 Å². The van der Waals surface area contributed by atoms with Crippen molar-refractivity contribution in [3.8, 4) is 0 Å². The van der Waals surface area contributed by atoms with Gasteiger partial charge >= 0.3 is 18.9 Å². The summed E-state index contributed by atoms with van der Waals surface area (Å²) in [6.45, 7) is 1.62. The van der Waals surface area contributed by atoms with Crippen LogP contribution in [0, 0.1) is 0 Å². The van der Waals surface area contributed by atoms with Crippen molar-refractivity contribution in [2.75, 3.05) is 6.54 Å². The quantitative estimate of drug-likeness (QED) is 0.663. The van der Waals surface area contributed by atoms with Gasteiger partial charge in [0.15, 0.2) is 0 Å². The van der Waals surface area contributed by atoms with Gasteiger partial charge in [-0.25, -0.2) is 0 Å². The van der Waals surface area contributed by atoms with Crippen molar-refractivity contribution in [2.24, 2.45) is 0 Å². The Kier molecular flexibility index (Phi) is 7.31. The third-order valence-corrected chi connectivity index (χ3v) is 6.25. The second kappa shape index (κ2) is 9.57. The van der Waals surface area contributed by atoms with Gasteiger partial charge in [0.2, 0.25) is 5.91 Å². The van der Waals surface area contributed by atoms with Crippen LogP contribution >= 0.6 is 11.6 Å². The van der Waals surface area contributed by atoms with Crippen LogP contribution < -0.4 is 29.3 Å². The predicted molar refractivity (Wildman–Crippen MR) is 109 cm³/mol. The molecule has 1 amide bonds. The fraction of sp³-hybridized carbons (Fsp3) is 0.391. The first-order chi connectivity index (χ1) is 14.0. The van der Waals surface area contributed by atoms with E-state index < -0.39 is 5.97 Å². The summed E-state index contributed by atoms with van der Waals surface area (Å²) in [7, 11) is 0. The molecule has 1 saturated carbocycles. The van der Waals surface area contributed by atoms with Crippen LogP contribution in [0.25, 0.3) is 0 Å². The molecule has 7 heteroatoms. The summed E-state index contributed by atoms with van der Waals surface area (Å²) >= 11 is 5.98. The average Bonchev–Trinajstić information content (AvgIpc) is 3.51. The van der Waals surface area contributed by atoms with E-state index in [1.165, 1.54) is 0 Å². The van der Waals surface area contributed by atoms with E-state index in [0.29, 0.717) is 5.02 Å². The molecule has 0 spiro atoms. The number of halogens is 1. The van der Waals surface area contributed by atoms with Crippen molar-refractivity contribution < 1.29 is 33.6 Å². The number of nitrogens with zero attached hydrogens (tertiary/aromatic N) is 1. The molecule has 2 aromatic rings. The van der Waals surface area contributed by atoms with Crippen LogP contribution in [0.1, 0.15) is 53.6 Å². The molecule has 0 aromatic heterocycles. The van der Waals surface area contributed by atoms with Crippen LogP contribution in [-0.4, -0.2) is 29.4 Å². The standard InChI is InChI=1S/C23H25ClN2O3.Li/c24-19-10-4-16(5-11-19)15-26-14-2-1-3-20(26)21(27)25-23(12-13-23)18-8-6-17(7-9-18)22(28)29;/h4-11,20H,1-3,12-15H2,(H,25,27)(H,28,29);/q;+1/p-1/t20-;/m1./s1. The van der Waals surface area contributed by atoms with Gasteiger partial charge in [0.05, 0.1) is 17.6 Å². The van der Waals surface area contributed by atoms with E-state index in [1.807, 2.05) is 24.3 Å². The van der Waals surface area contributed by atoms with Crippen LogP contribution in [-0.2, 0) is 16.9 Å². The molecule has 1 saturated heterocycles. The smallest absolute Gasteiger partial charge is 0.545 e. The SMILES string of the molecule is O=C([O-])c1ccc(C2(NC(=O)[C@H]3CCCCN3Cc3ccc(Cl)cc3)CC2)cc1.[Li+]. The Labute approximate surface area is 194 Å². The van der Waals surface area contributed by atoms with Gasteiger partial charge in [-0.1, -0.05) is 54.4 Å². The topological polar surface area (TPSA) is 72.5 Å². The summed E-state index contributed by atoms with van der Waals surface area (Å²) < 4.78 is 0. The number of carbonyl (C=O) groups excluding carboxylic acids is 2. The molecule has 2 fully saturated rings. The van der Waals surface area contributed by atoms with Crippen LogP contribution in [0.5, 0.6) is 0 Å². The molecule has 5 nitrogen and oxygen atoms in total.